The molecule has 1 aliphatic carbocycles. The van der Waals surface area contributed by atoms with E-state index in [0.717, 1.165) is 47.9 Å². The van der Waals surface area contributed by atoms with Crippen molar-refractivity contribution in [3.8, 4) is 5.75 Å². The van der Waals surface area contributed by atoms with Crippen molar-refractivity contribution in [2.45, 2.75) is 72.0 Å². The molecule has 0 heterocycles. The molecule has 31 heavy (non-hydrogen) atoms. The van der Waals surface area contributed by atoms with Crippen LogP contribution in [0.5, 0.6) is 5.75 Å². The summed E-state index contributed by atoms with van der Waals surface area (Å²) in [6.07, 6.45) is 4.32. The normalized spacial score (nSPS) is 14.8. The van der Waals surface area contributed by atoms with Gasteiger partial charge in [0.05, 0.1) is 0 Å². The summed E-state index contributed by atoms with van der Waals surface area (Å²) in [6, 6.07) is 13.5. The average Bonchev–Trinajstić information content (AvgIpc) is 3.26. The number of amides is 2. The van der Waals surface area contributed by atoms with Gasteiger partial charge in [-0.3, -0.25) is 9.59 Å². The number of ether oxygens (including phenoxy) is 1. The van der Waals surface area contributed by atoms with Gasteiger partial charge < -0.3 is 15.0 Å². The van der Waals surface area contributed by atoms with Crippen LogP contribution in [0.2, 0.25) is 0 Å². The first-order valence-electron chi connectivity index (χ1n) is 11.2. The first kappa shape index (κ1) is 22.9. The van der Waals surface area contributed by atoms with Gasteiger partial charge in [0.1, 0.15) is 11.8 Å². The third kappa shape index (κ3) is 6.09. The molecule has 0 saturated heterocycles. The topological polar surface area (TPSA) is 58.6 Å². The average molecular weight is 423 g/mol. The van der Waals surface area contributed by atoms with Gasteiger partial charge in [-0.05, 0) is 68.9 Å². The number of carbonyl (C=O) groups is 2. The summed E-state index contributed by atoms with van der Waals surface area (Å²) in [5.41, 5.74) is 4.24. The van der Waals surface area contributed by atoms with E-state index in [1.807, 2.05) is 57.2 Å². The van der Waals surface area contributed by atoms with Crippen molar-refractivity contribution in [3.63, 3.8) is 0 Å². The zero-order chi connectivity index (χ0) is 22.4. The molecule has 5 heteroatoms. The molecule has 1 unspecified atom stereocenters. The molecule has 2 amide bonds. The van der Waals surface area contributed by atoms with E-state index in [0.29, 0.717) is 12.3 Å². The molecule has 3 rings (SSSR count). The van der Waals surface area contributed by atoms with Gasteiger partial charge in [0.2, 0.25) is 5.91 Å². The van der Waals surface area contributed by atoms with Crippen molar-refractivity contribution in [3.05, 3.63) is 64.7 Å². The second kappa shape index (κ2) is 10.5. The Labute approximate surface area is 185 Å². The monoisotopic (exact) mass is 422 g/mol. The minimum absolute atomic E-state index is 0.0984. The smallest absolute Gasteiger partial charge is 0.261 e. The highest BCUT2D eigenvalue weighted by Crippen LogP contribution is 2.24. The molecule has 1 fully saturated rings. The van der Waals surface area contributed by atoms with Gasteiger partial charge in [-0.25, -0.2) is 0 Å². The summed E-state index contributed by atoms with van der Waals surface area (Å²) < 4.78 is 5.92. The predicted molar refractivity (Wildman–Crippen MR) is 123 cm³/mol. The SMILES string of the molecule is Cc1cc(C)c(C)c(OCC(=O)N(Cc2ccccc2)C(C)C(=O)NC2CCCC2)c1. The Kier molecular flexibility index (Phi) is 7.72. The fraction of sp³-hybridized carbons (Fsp3) is 0.462. The molecule has 1 N–H and O–H groups in total. The van der Waals surface area contributed by atoms with Crippen LogP contribution in [-0.2, 0) is 16.1 Å². The van der Waals surface area contributed by atoms with Crippen molar-refractivity contribution < 1.29 is 14.3 Å². The lowest BCUT2D eigenvalue weighted by Crippen LogP contribution is -2.50. The number of benzene rings is 2. The number of hydrogen-bond donors (Lipinski definition) is 1. The second-order valence-electron chi connectivity index (χ2n) is 8.67. The zero-order valence-electron chi connectivity index (χ0n) is 19.1. The summed E-state index contributed by atoms with van der Waals surface area (Å²) in [5, 5.41) is 3.12. The fourth-order valence-electron chi connectivity index (χ4n) is 4.13. The van der Waals surface area contributed by atoms with Crippen LogP contribution in [0.4, 0.5) is 0 Å². The van der Waals surface area contributed by atoms with E-state index in [1.165, 1.54) is 0 Å². The van der Waals surface area contributed by atoms with Crippen molar-refractivity contribution >= 4 is 11.8 Å². The molecule has 0 aliphatic heterocycles. The highest BCUT2D eigenvalue weighted by Gasteiger charge is 2.28. The Hall–Kier alpha value is -2.82. The molecular formula is C26H34N2O3. The van der Waals surface area contributed by atoms with Crippen molar-refractivity contribution in [2.24, 2.45) is 0 Å². The van der Waals surface area contributed by atoms with Crippen LogP contribution in [0.25, 0.3) is 0 Å². The molecule has 1 saturated carbocycles. The van der Waals surface area contributed by atoms with Crippen LogP contribution in [0.15, 0.2) is 42.5 Å². The quantitative estimate of drug-likeness (QED) is 0.683. The molecule has 0 bridgehead atoms. The van der Waals surface area contributed by atoms with Crippen molar-refractivity contribution in [2.75, 3.05) is 6.61 Å². The lowest BCUT2D eigenvalue weighted by atomic mass is 10.1. The maximum absolute atomic E-state index is 13.2. The summed E-state index contributed by atoms with van der Waals surface area (Å²) in [4.78, 5) is 27.7. The number of nitrogens with one attached hydrogen (secondary N) is 1. The first-order valence-corrected chi connectivity index (χ1v) is 11.2. The van der Waals surface area contributed by atoms with E-state index in [9.17, 15) is 9.59 Å². The molecule has 166 valence electrons. The molecule has 0 spiro atoms. The minimum Gasteiger partial charge on any atom is -0.483 e. The third-order valence-corrected chi connectivity index (χ3v) is 6.18. The third-order valence-electron chi connectivity index (χ3n) is 6.18. The number of carbonyl (C=O) groups excluding carboxylic acids is 2. The Morgan fingerprint density at radius 1 is 1.10 bits per heavy atom. The Balaban J connectivity index is 1.73. The van der Waals surface area contributed by atoms with Gasteiger partial charge in [0.25, 0.3) is 5.91 Å². The van der Waals surface area contributed by atoms with E-state index in [2.05, 4.69) is 11.4 Å². The molecule has 2 aromatic carbocycles. The van der Waals surface area contributed by atoms with Crippen LogP contribution in [0.3, 0.4) is 0 Å². The van der Waals surface area contributed by atoms with Crippen LogP contribution >= 0.6 is 0 Å². The molecule has 1 aliphatic rings. The van der Waals surface area contributed by atoms with Crippen LogP contribution in [0, 0.1) is 20.8 Å². The molecule has 1 atom stereocenters. The lowest BCUT2D eigenvalue weighted by Gasteiger charge is -2.29. The molecule has 0 radical (unpaired) electrons. The van der Waals surface area contributed by atoms with Crippen LogP contribution < -0.4 is 10.1 Å². The Morgan fingerprint density at radius 3 is 2.45 bits per heavy atom. The van der Waals surface area contributed by atoms with E-state index < -0.39 is 6.04 Å². The number of rotatable bonds is 8. The molecule has 0 aromatic heterocycles. The highest BCUT2D eigenvalue weighted by atomic mass is 16.5. The number of aryl methyl sites for hydroxylation is 2. The zero-order valence-corrected chi connectivity index (χ0v) is 19.1. The predicted octanol–water partition coefficient (Wildman–Crippen LogP) is 4.47. The van der Waals surface area contributed by atoms with E-state index in [4.69, 9.17) is 4.74 Å². The maximum atomic E-state index is 13.2. The largest absolute Gasteiger partial charge is 0.483 e. The minimum atomic E-state index is -0.572. The summed E-state index contributed by atoms with van der Waals surface area (Å²) in [7, 11) is 0. The van der Waals surface area contributed by atoms with Gasteiger partial charge in [0.15, 0.2) is 6.61 Å². The van der Waals surface area contributed by atoms with E-state index in [-0.39, 0.29) is 24.5 Å². The number of nitrogens with zero attached hydrogens (tertiary/aromatic N) is 1. The van der Waals surface area contributed by atoms with Gasteiger partial charge >= 0.3 is 0 Å². The van der Waals surface area contributed by atoms with Crippen molar-refractivity contribution in [1.29, 1.82) is 0 Å². The summed E-state index contributed by atoms with van der Waals surface area (Å²) in [6.45, 7) is 8.11. The maximum Gasteiger partial charge on any atom is 0.261 e. The Bertz CT molecular complexity index is 904. The number of hydrogen-bond acceptors (Lipinski definition) is 3. The standard InChI is InChI=1S/C26H34N2O3/c1-18-14-19(2)20(3)24(15-18)31-17-25(29)28(16-22-10-6-5-7-11-22)21(4)26(30)27-23-12-8-9-13-23/h5-7,10-11,14-15,21,23H,8-9,12-13,16-17H2,1-4H3,(H,27,30). The van der Waals surface area contributed by atoms with Crippen LogP contribution in [-0.4, -0.2) is 35.4 Å². The summed E-state index contributed by atoms with van der Waals surface area (Å²) in [5.74, 6) is 0.420. The van der Waals surface area contributed by atoms with Gasteiger partial charge in [-0.1, -0.05) is 49.2 Å². The fourth-order valence-corrected chi connectivity index (χ4v) is 4.13. The Morgan fingerprint density at radius 2 is 1.77 bits per heavy atom. The lowest BCUT2D eigenvalue weighted by molar-refractivity contribution is -0.142. The van der Waals surface area contributed by atoms with Gasteiger partial charge in [-0.2, -0.15) is 0 Å². The van der Waals surface area contributed by atoms with Gasteiger partial charge in [-0.15, -0.1) is 0 Å². The molecular weight excluding hydrogens is 388 g/mol. The molecule has 5 nitrogen and oxygen atoms in total. The highest BCUT2D eigenvalue weighted by molar-refractivity contribution is 5.88. The second-order valence-corrected chi connectivity index (χ2v) is 8.67. The van der Waals surface area contributed by atoms with E-state index >= 15 is 0 Å². The van der Waals surface area contributed by atoms with E-state index in [1.54, 1.807) is 11.8 Å². The molecule has 2 aromatic rings. The van der Waals surface area contributed by atoms with Gasteiger partial charge in [0, 0.05) is 12.6 Å². The first-order chi connectivity index (χ1) is 14.8. The van der Waals surface area contributed by atoms with Crippen LogP contribution in [0.1, 0.15) is 54.9 Å². The summed E-state index contributed by atoms with van der Waals surface area (Å²) >= 11 is 0. The van der Waals surface area contributed by atoms with Crippen molar-refractivity contribution in [1.82, 2.24) is 10.2 Å².